The fourth-order valence-corrected chi connectivity index (χ4v) is 10.4. The number of rotatable bonds is 53. The Morgan fingerprint density at radius 3 is 1.25 bits per heavy atom. The van der Waals surface area contributed by atoms with Crippen LogP contribution >= 0.6 is 0 Å². The van der Waals surface area contributed by atoms with E-state index in [1.807, 2.05) is 0 Å². The number of hydrogen-bond donors (Lipinski definition) is 9. The second kappa shape index (κ2) is 54.8. The Morgan fingerprint density at radius 1 is 0.435 bits per heavy atom. The standard InChI is InChI=1S/C71H121NO13/c1-3-5-7-9-11-13-15-17-19-20-21-22-23-24-25-26-27-28-29-30-31-32-33-34-35-36-37-38-39-40-41-43-45-47-49-51-53-55-63(76)72-59(60(75)54-52-50-48-46-44-42-18-16-14-12-10-8-6-4-2)58-82-70-68(81)66(79)69(62(57-74)84-70)85-71-67(80)65(78)64(77)61(56-73)83-71/h5,7,11,13,17,19,21-22,24-25,27-28,30-31,33-34,36-37,59-62,64-71,73-75,77-81H,3-4,6,8-10,12,14-16,18,20,23,26,29,32,35,38-58H2,1-2H3,(H,72,76)/b7-5-,13-11-,19-17-,22-21-,25-24-,28-27-,31-30-,34-33-,37-36-. The Kier molecular flexibility index (Phi) is 50.1. The summed E-state index contributed by atoms with van der Waals surface area (Å²) in [4.78, 5) is 13.3. The van der Waals surface area contributed by atoms with Crippen molar-refractivity contribution >= 4 is 5.91 Å². The maximum absolute atomic E-state index is 13.3. The Hall–Kier alpha value is -3.35. The van der Waals surface area contributed by atoms with Gasteiger partial charge in [-0.25, -0.2) is 0 Å². The lowest BCUT2D eigenvalue weighted by Gasteiger charge is -2.46. The first-order valence-electron chi connectivity index (χ1n) is 33.6. The lowest BCUT2D eigenvalue weighted by atomic mass is 9.97. The van der Waals surface area contributed by atoms with E-state index in [0.29, 0.717) is 19.3 Å². The molecule has 0 aromatic carbocycles. The average Bonchev–Trinajstić information content (AvgIpc) is 3.65. The monoisotopic (exact) mass is 1200 g/mol. The second-order valence-corrected chi connectivity index (χ2v) is 23.2. The van der Waals surface area contributed by atoms with E-state index < -0.39 is 86.8 Å². The highest BCUT2D eigenvalue weighted by molar-refractivity contribution is 5.76. The minimum Gasteiger partial charge on any atom is -0.394 e. The smallest absolute Gasteiger partial charge is 0.220 e. The number of allylic oxidation sites excluding steroid dienone is 18. The van der Waals surface area contributed by atoms with Crippen LogP contribution in [0.3, 0.4) is 0 Å². The van der Waals surface area contributed by atoms with Gasteiger partial charge in [0, 0.05) is 6.42 Å². The third-order valence-electron chi connectivity index (χ3n) is 15.8. The van der Waals surface area contributed by atoms with E-state index in [0.717, 1.165) is 109 Å². The summed E-state index contributed by atoms with van der Waals surface area (Å²) in [5.74, 6) is -0.217. The molecule has 0 aromatic heterocycles. The van der Waals surface area contributed by atoms with E-state index in [1.165, 1.54) is 96.3 Å². The minimum atomic E-state index is -1.79. The summed E-state index contributed by atoms with van der Waals surface area (Å²) in [6.45, 7) is 2.74. The molecular weight excluding hydrogens is 1070 g/mol. The van der Waals surface area contributed by atoms with Crippen molar-refractivity contribution in [3.63, 3.8) is 0 Å². The van der Waals surface area contributed by atoms with Crippen molar-refractivity contribution in [1.29, 1.82) is 0 Å². The fraction of sp³-hybridized carbons (Fsp3) is 0.732. The molecule has 2 aliphatic heterocycles. The molecule has 14 nitrogen and oxygen atoms in total. The predicted molar refractivity (Wildman–Crippen MR) is 345 cm³/mol. The van der Waals surface area contributed by atoms with Crippen LogP contribution in [0.15, 0.2) is 109 Å². The topological polar surface area (TPSA) is 228 Å². The molecule has 0 radical (unpaired) electrons. The molecule has 0 aromatic rings. The highest BCUT2D eigenvalue weighted by Gasteiger charge is 2.51. The zero-order chi connectivity index (χ0) is 61.6. The van der Waals surface area contributed by atoms with E-state index in [-0.39, 0.29) is 12.5 Å². The maximum Gasteiger partial charge on any atom is 0.220 e. The number of aliphatic hydroxyl groups excluding tert-OH is 8. The highest BCUT2D eigenvalue weighted by Crippen LogP contribution is 2.30. The number of hydrogen-bond acceptors (Lipinski definition) is 13. The van der Waals surface area contributed by atoms with Crippen LogP contribution in [0.2, 0.25) is 0 Å². The van der Waals surface area contributed by atoms with Crippen molar-refractivity contribution in [2.24, 2.45) is 0 Å². The molecule has 0 bridgehead atoms. The number of amides is 1. The summed E-state index contributed by atoms with van der Waals surface area (Å²) in [6.07, 6.45) is 61.0. The van der Waals surface area contributed by atoms with Crippen molar-refractivity contribution in [3.05, 3.63) is 109 Å². The molecular formula is C71H121NO13. The highest BCUT2D eigenvalue weighted by atomic mass is 16.7. The molecule has 2 fully saturated rings. The van der Waals surface area contributed by atoms with E-state index >= 15 is 0 Å². The predicted octanol–water partition coefficient (Wildman–Crippen LogP) is 13.2. The molecule has 1 amide bonds. The number of carbonyl (C=O) groups excluding carboxylic acids is 1. The number of unbranched alkanes of at least 4 members (excludes halogenated alkanes) is 22. The van der Waals surface area contributed by atoms with Crippen LogP contribution in [-0.2, 0) is 23.7 Å². The van der Waals surface area contributed by atoms with Crippen molar-refractivity contribution in [1.82, 2.24) is 5.32 Å². The van der Waals surface area contributed by atoms with Crippen LogP contribution < -0.4 is 5.32 Å². The number of aliphatic hydroxyl groups is 8. The molecule has 2 heterocycles. The molecule has 9 N–H and O–H groups in total. The van der Waals surface area contributed by atoms with Crippen LogP contribution in [0, 0.1) is 0 Å². The fourth-order valence-electron chi connectivity index (χ4n) is 10.4. The SMILES string of the molecule is CC/C=C\C/C=C\C/C=C\C/C=C\C/C=C\C/C=C\C/C=C\C/C=C\C/C=C\CCCCCCCCCCCC(=O)NC(COC1OC(CO)C(OC2OC(CO)C(O)C(O)C2O)C(O)C1O)C(O)CCCCCCCCCCCCCCCC. The van der Waals surface area contributed by atoms with Gasteiger partial charge in [0.1, 0.15) is 48.8 Å². The van der Waals surface area contributed by atoms with E-state index in [9.17, 15) is 45.6 Å². The first-order valence-corrected chi connectivity index (χ1v) is 33.6. The van der Waals surface area contributed by atoms with Crippen LogP contribution in [0.1, 0.15) is 239 Å². The normalized spacial score (nSPS) is 24.3. The van der Waals surface area contributed by atoms with Crippen molar-refractivity contribution in [3.8, 4) is 0 Å². The molecule has 85 heavy (non-hydrogen) atoms. The van der Waals surface area contributed by atoms with Gasteiger partial charge in [-0.1, -0.05) is 258 Å². The van der Waals surface area contributed by atoms with E-state index in [1.54, 1.807) is 0 Å². The Bertz CT molecular complexity index is 1840. The average molecular weight is 1200 g/mol. The first kappa shape index (κ1) is 77.7. The zero-order valence-electron chi connectivity index (χ0n) is 52.8. The summed E-state index contributed by atoms with van der Waals surface area (Å²) in [6, 6.07) is -0.839. The van der Waals surface area contributed by atoms with Gasteiger partial charge in [0.15, 0.2) is 12.6 Å². The lowest BCUT2D eigenvalue weighted by Crippen LogP contribution is -2.65. The van der Waals surface area contributed by atoms with Crippen molar-refractivity contribution in [2.75, 3.05) is 19.8 Å². The van der Waals surface area contributed by atoms with Gasteiger partial charge in [0.2, 0.25) is 5.91 Å². The molecule has 488 valence electrons. The molecule has 2 saturated heterocycles. The van der Waals surface area contributed by atoms with E-state index in [4.69, 9.17) is 18.9 Å². The molecule has 0 saturated carbocycles. The maximum atomic E-state index is 13.3. The van der Waals surface area contributed by atoms with Crippen LogP contribution in [0.25, 0.3) is 0 Å². The molecule has 2 aliphatic rings. The molecule has 0 spiro atoms. The lowest BCUT2D eigenvalue weighted by molar-refractivity contribution is -0.359. The Balaban J connectivity index is 1.64. The summed E-state index contributed by atoms with van der Waals surface area (Å²) in [5.41, 5.74) is 0. The van der Waals surface area contributed by atoms with Gasteiger partial charge >= 0.3 is 0 Å². The molecule has 12 atom stereocenters. The van der Waals surface area contributed by atoms with Gasteiger partial charge in [-0.05, 0) is 83.5 Å². The van der Waals surface area contributed by atoms with Crippen molar-refractivity contribution in [2.45, 2.75) is 312 Å². The van der Waals surface area contributed by atoms with Crippen LogP contribution in [0.5, 0.6) is 0 Å². The Morgan fingerprint density at radius 2 is 0.812 bits per heavy atom. The van der Waals surface area contributed by atoms with Crippen LogP contribution in [-0.4, -0.2) is 140 Å². The summed E-state index contributed by atoms with van der Waals surface area (Å²) < 4.78 is 22.9. The summed E-state index contributed by atoms with van der Waals surface area (Å²) in [7, 11) is 0. The molecule has 14 heteroatoms. The zero-order valence-corrected chi connectivity index (χ0v) is 52.8. The minimum absolute atomic E-state index is 0.217. The van der Waals surface area contributed by atoms with Gasteiger partial charge in [-0.3, -0.25) is 4.79 Å². The third-order valence-corrected chi connectivity index (χ3v) is 15.8. The van der Waals surface area contributed by atoms with Crippen LogP contribution in [0.4, 0.5) is 0 Å². The number of carbonyl (C=O) groups is 1. The summed E-state index contributed by atoms with van der Waals surface area (Å²) in [5, 5.41) is 87.4. The molecule has 2 rings (SSSR count). The van der Waals surface area contributed by atoms with Gasteiger partial charge in [-0.15, -0.1) is 0 Å². The Labute approximate surface area is 515 Å². The third kappa shape index (κ3) is 39.3. The van der Waals surface area contributed by atoms with Gasteiger partial charge < -0.3 is 65.1 Å². The first-order chi connectivity index (χ1) is 41.6. The largest absolute Gasteiger partial charge is 0.394 e. The quantitative estimate of drug-likeness (QED) is 0.0204. The van der Waals surface area contributed by atoms with E-state index in [2.05, 4.69) is 129 Å². The summed E-state index contributed by atoms with van der Waals surface area (Å²) >= 11 is 0. The number of nitrogens with one attached hydrogen (secondary N) is 1. The van der Waals surface area contributed by atoms with Crippen molar-refractivity contribution < 1.29 is 64.6 Å². The van der Waals surface area contributed by atoms with Gasteiger partial charge in [0.05, 0.1) is 32.0 Å². The van der Waals surface area contributed by atoms with Gasteiger partial charge in [-0.2, -0.15) is 0 Å². The number of ether oxygens (including phenoxy) is 4. The van der Waals surface area contributed by atoms with Gasteiger partial charge in [0.25, 0.3) is 0 Å². The second-order valence-electron chi connectivity index (χ2n) is 23.2. The molecule has 0 aliphatic carbocycles. The molecule has 12 unspecified atom stereocenters.